The van der Waals surface area contributed by atoms with Crippen LogP contribution in [0, 0.1) is 0 Å². The highest BCUT2D eigenvalue weighted by Crippen LogP contribution is 2.22. The summed E-state index contributed by atoms with van der Waals surface area (Å²) in [6.07, 6.45) is 0. The van der Waals surface area contributed by atoms with Crippen molar-refractivity contribution in [2.45, 2.75) is 6.92 Å². The van der Waals surface area contributed by atoms with E-state index in [-0.39, 0.29) is 6.61 Å². The maximum absolute atomic E-state index is 11.8. The quantitative estimate of drug-likeness (QED) is 0.798. The van der Waals surface area contributed by atoms with Gasteiger partial charge in [0.15, 0.2) is 0 Å². The Morgan fingerprint density at radius 1 is 0.905 bits per heavy atom. The number of carbonyl (C=O) groups is 1. The molecule has 0 unspecified atom stereocenters. The first-order valence-electron chi connectivity index (χ1n) is 6.91. The van der Waals surface area contributed by atoms with Crippen molar-refractivity contribution >= 4 is 16.7 Å². The van der Waals surface area contributed by atoms with Crippen LogP contribution in [0.3, 0.4) is 0 Å². The lowest BCUT2D eigenvalue weighted by molar-refractivity contribution is -0.139. The van der Waals surface area contributed by atoms with Crippen LogP contribution in [-0.2, 0) is 9.53 Å². The molecule has 0 bridgehead atoms. The second-order valence-corrected chi connectivity index (χ2v) is 4.36. The molecule has 0 aliphatic heterocycles. The van der Waals surface area contributed by atoms with Crippen molar-refractivity contribution in [2.24, 2.45) is 0 Å². The number of carbonyl (C=O) groups excluding carboxylic acids is 1. The summed E-state index contributed by atoms with van der Waals surface area (Å²) in [6, 6.07) is 21.1. The van der Waals surface area contributed by atoms with Crippen molar-refractivity contribution in [3.63, 3.8) is 0 Å². The van der Waals surface area contributed by atoms with Crippen molar-refractivity contribution in [2.75, 3.05) is 13.2 Å². The van der Waals surface area contributed by atoms with E-state index in [4.69, 9.17) is 9.47 Å². The van der Waals surface area contributed by atoms with Crippen molar-refractivity contribution in [1.82, 2.24) is 0 Å². The summed E-state index contributed by atoms with van der Waals surface area (Å²) >= 11 is 0. The molecule has 0 N–H and O–H groups in total. The summed E-state index contributed by atoms with van der Waals surface area (Å²) in [6.45, 7) is 2.28. The smallest absolute Gasteiger partial charge is 0.337 e. The third kappa shape index (κ3) is 4.58. The molecule has 2 aromatic carbocycles. The predicted molar refractivity (Wildman–Crippen MR) is 83.7 cm³/mol. The molecule has 0 fully saturated rings. The first kappa shape index (κ1) is 15.0. The summed E-state index contributed by atoms with van der Waals surface area (Å²) in [5.41, 5.74) is 0. The van der Waals surface area contributed by atoms with Gasteiger partial charge < -0.3 is 9.47 Å². The third-order valence-electron chi connectivity index (χ3n) is 2.84. The Kier molecular flexibility index (Phi) is 5.73. The van der Waals surface area contributed by atoms with E-state index in [1.54, 1.807) is 6.07 Å². The molecule has 0 spiro atoms. The van der Waals surface area contributed by atoms with Gasteiger partial charge >= 0.3 is 5.97 Å². The van der Waals surface area contributed by atoms with Gasteiger partial charge in [-0.05, 0) is 18.4 Å². The van der Waals surface area contributed by atoms with E-state index in [9.17, 15) is 4.79 Å². The van der Waals surface area contributed by atoms with E-state index in [0.717, 1.165) is 10.8 Å². The van der Waals surface area contributed by atoms with Crippen LogP contribution >= 0.6 is 0 Å². The average molecular weight is 282 g/mol. The number of benzene rings is 1. The van der Waals surface area contributed by atoms with Crippen LogP contribution in [0.15, 0.2) is 66.7 Å². The van der Waals surface area contributed by atoms with Crippen molar-refractivity contribution < 1.29 is 14.3 Å². The van der Waals surface area contributed by atoms with Gasteiger partial charge in [-0.2, -0.15) is 0 Å². The van der Waals surface area contributed by atoms with Gasteiger partial charge in [-0.1, -0.05) is 60.7 Å². The summed E-state index contributed by atoms with van der Waals surface area (Å²) in [5.74, 6) is 0.120. The molecule has 0 amide bonds. The van der Waals surface area contributed by atoms with Gasteiger partial charge in [-0.25, -0.2) is 4.79 Å². The number of ether oxygens (including phenoxy) is 2. The maximum Gasteiger partial charge on any atom is 0.337 e. The molecule has 0 atom stereocenters. The largest absolute Gasteiger partial charge is 0.424 e. The molecule has 0 saturated carbocycles. The lowest BCUT2D eigenvalue weighted by Crippen LogP contribution is -2.15. The van der Waals surface area contributed by atoms with Crippen molar-refractivity contribution in [1.29, 1.82) is 0 Å². The van der Waals surface area contributed by atoms with Crippen molar-refractivity contribution in [3.8, 4) is 5.75 Å². The standard InChI is InChI=1S/C18H18O3/c1-2-20-14-18(19)21-17-13-7-5-3-4-6-10-15-11-8-9-12-16(15)17/h3-13H,2,14H2,1H3. The Morgan fingerprint density at radius 2 is 1.52 bits per heavy atom. The molecule has 0 radical (unpaired) electrons. The maximum atomic E-state index is 11.8. The molecule has 108 valence electrons. The second-order valence-electron chi connectivity index (χ2n) is 4.36. The summed E-state index contributed by atoms with van der Waals surface area (Å²) in [4.78, 5) is 11.8. The molecule has 0 aliphatic rings. The Labute approximate surface area is 124 Å². The monoisotopic (exact) mass is 282 g/mol. The Morgan fingerprint density at radius 3 is 2.29 bits per heavy atom. The van der Waals surface area contributed by atoms with E-state index in [0.29, 0.717) is 12.4 Å². The van der Waals surface area contributed by atoms with Gasteiger partial charge in [0.2, 0.25) is 0 Å². The minimum atomic E-state index is -0.400. The number of rotatable bonds is 4. The fourth-order valence-electron chi connectivity index (χ4n) is 1.88. The topological polar surface area (TPSA) is 35.5 Å². The molecular formula is C18H18O3. The van der Waals surface area contributed by atoms with E-state index < -0.39 is 5.97 Å². The number of esters is 1. The SMILES string of the molecule is CCOCC(=O)Oc1cccccccc2ccccc12. The summed E-state index contributed by atoms with van der Waals surface area (Å²) in [5, 5.41) is 1.87. The van der Waals surface area contributed by atoms with Crippen LogP contribution in [-0.4, -0.2) is 19.2 Å². The molecule has 3 nitrogen and oxygen atoms in total. The minimum absolute atomic E-state index is 0.0462. The average Bonchev–Trinajstić information content (AvgIpc) is 2.51. The van der Waals surface area contributed by atoms with Crippen LogP contribution < -0.4 is 4.74 Å². The number of fused-ring (bicyclic) bond motifs is 1. The van der Waals surface area contributed by atoms with Gasteiger partial charge in [0.25, 0.3) is 0 Å². The van der Waals surface area contributed by atoms with Crippen LogP contribution in [0.5, 0.6) is 5.75 Å². The molecule has 21 heavy (non-hydrogen) atoms. The van der Waals surface area contributed by atoms with E-state index in [1.165, 1.54) is 0 Å². The van der Waals surface area contributed by atoms with Gasteiger partial charge in [-0.3, -0.25) is 0 Å². The zero-order valence-corrected chi connectivity index (χ0v) is 12.0. The molecular weight excluding hydrogens is 264 g/mol. The van der Waals surface area contributed by atoms with Gasteiger partial charge in [0.05, 0.1) is 0 Å². The fraction of sp³-hybridized carbons (Fsp3) is 0.167. The molecule has 2 rings (SSSR count). The molecule has 0 heterocycles. The highest BCUT2D eigenvalue weighted by molar-refractivity contribution is 5.89. The van der Waals surface area contributed by atoms with E-state index in [1.807, 2.05) is 67.6 Å². The fourth-order valence-corrected chi connectivity index (χ4v) is 1.88. The normalized spacial score (nSPS) is 9.95. The van der Waals surface area contributed by atoms with Gasteiger partial charge in [0.1, 0.15) is 12.4 Å². The molecule has 2 aromatic rings. The highest BCUT2D eigenvalue weighted by Gasteiger charge is 2.06. The van der Waals surface area contributed by atoms with Crippen LogP contribution in [0.2, 0.25) is 0 Å². The number of hydrogen-bond donors (Lipinski definition) is 0. The zero-order chi connectivity index (χ0) is 14.9. The van der Waals surface area contributed by atoms with E-state index in [2.05, 4.69) is 0 Å². The predicted octanol–water partition coefficient (Wildman–Crippen LogP) is 3.91. The van der Waals surface area contributed by atoms with Gasteiger partial charge in [-0.15, -0.1) is 0 Å². The lowest BCUT2D eigenvalue weighted by atomic mass is 10.1. The van der Waals surface area contributed by atoms with Crippen LogP contribution in [0.4, 0.5) is 0 Å². The highest BCUT2D eigenvalue weighted by atomic mass is 16.6. The van der Waals surface area contributed by atoms with Gasteiger partial charge in [0, 0.05) is 12.0 Å². The first-order chi connectivity index (χ1) is 10.3. The lowest BCUT2D eigenvalue weighted by Gasteiger charge is -2.06. The van der Waals surface area contributed by atoms with E-state index >= 15 is 0 Å². The molecule has 3 heteroatoms. The summed E-state index contributed by atoms with van der Waals surface area (Å²) < 4.78 is 10.5. The molecule has 0 saturated heterocycles. The van der Waals surface area contributed by atoms with Crippen molar-refractivity contribution in [3.05, 3.63) is 66.7 Å². The zero-order valence-electron chi connectivity index (χ0n) is 12.0. The summed E-state index contributed by atoms with van der Waals surface area (Å²) in [7, 11) is 0. The molecule has 0 aliphatic carbocycles. The van der Waals surface area contributed by atoms with Crippen LogP contribution in [0.25, 0.3) is 10.8 Å². The number of hydrogen-bond acceptors (Lipinski definition) is 3. The Bertz CT molecular complexity index is 662. The van der Waals surface area contributed by atoms with Crippen LogP contribution in [0.1, 0.15) is 6.92 Å². The Balaban J connectivity index is 2.48. The third-order valence-corrected chi connectivity index (χ3v) is 2.84. The Hall–Kier alpha value is -2.39. The second kappa shape index (κ2) is 8.02. The molecule has 0 aromatic heterocycles. The first-order valence-corrected chi connectivity index (χ1v) is 6.91. The minimum Gasteiger partial charge on any atom is -0.424 e.